The molecular formula is C59H40N2. The van der Waals surface area contributed by atoms with Crippen LogP contribution in [-0.2, 0) is 6.42 Å². The highest BCUT2D eigenvalue weighted by Gasteiger charge is 2.22. The van der Waals surface area contributed by atoms with Gasteiger partial charge in [-0.25, -0.2) is 0 Å². The second-order valence-corrected chi connectivity index (χ2v) is 16.1. The molecule has 61 heavy (non-hydrogen) atoms. The van der Waals surface area contributed by atoms with E-state index in [4.69, 9.17) is 0 Å². The molecule has 1 aromatic heterocycles. The van der Waals surface area contributed by atoms with Gasteiger partial charge < -0.3 is 9.47 Å². The van der Waals surface area contributed by atoms with Crippen molar-refractivity contribution in [3.05, 3.63) is 242 Å². The third kappa shape index (κ3) is 6.03. The van der Waals surface area contributed by atoms with Crippen LogP contribution in [0.5, 0.6) is 0 Å². The monoisotopic (exact) mass is 776 g/mol. The SMILES string of the molecule is c1ccc(-c2ccc(-n3c4ccccc4c4cc(-c5cccc(-c6ccc(N(c7ccc8c(c7)Cc7ccccc7-8)c7cccc8ccccc78)cc6)c5)ccc43)cc2)cc1. The minimum Gasteiger partial charge on any atom is -0.310 e. The van der Waals surface area contributed by atoms with Crippen molar-refractivity contribution in [1.29, 1.82) is 0 Å². The molecule has 0 bridgehead atoms. The van der Waals surface area contributed by atoms with E-state index < -0.39 is 0 Å². The first-order valence-corrected chi connectivity index (χ1v) is 21.1. The number of anilines is 3. The number of benzene rings is 10. The normalized spacial score (nSPS) is 11.9. The lowest BCUT2D eigenvalue weighted by Gasteiger charge is -2.27. The Morgan fingerprint density at radius 1 is 0.328 bits per heavy atom. The molecular weight excluding hydrogens is 737 g/mol. The number of para-hydroxylation sites is 1. The zero-order valence-corrected chi connectivity index (χ0v) is 33.5. The summed E-state index contributed by atoms with van der Waals surface area (Å²) in [6.45, 7) is 0. The van der Waals surface area contributed by atoms with Crippen LogP contribution in [0.25, 0.3) is 82.8 Å². The first kappa shape index (κ1) is 35.0. The molecule has 1 aliphatic carbocycles. The van der Waals surface area contributed by atoms with Crippen molar-refractivity contribution in [2.45, 2.75) is 6.42 Å². The molecule has 1 heterocycles. The highest BCUT2D eigenvalue weighted by molar-refractivity contribution is 6.10. The van der Waals surface area contributed by atoms with E-state index in [0.29, 0.717) is 0 Å². The highest BCUT2D eigenvalue weighted by Crippen LogP contribution is 2.44. The predicted octanol–water partition coefficient (Wildman–Crippen LogP) is 16.0. The van der Waals surface area contributed by atoms with Gasteiger partial charge in [0.25, 0.3) is 0 Å². The third-order valence-corrected chi connectivity index (χ3v) is 12.6. The zero-order chi connectivity index (χ0) is 40.3. The van der Waals surface area contributed by atoms with Gasteiger partial charge in [-0.2, -0.15) is 0 Å². The van der Waals surface area contributed by atoms with Crippen LogP contribution in [0.4, 0.5) is 17.1 Å². The Morgan fingerprint density at radius 2 is 0.902 bits per heavy atom. The summed E-state index contributed by atoms with van der Waals surface area (Å²) in [6, 6.07) is 84.4. The average molecular weight is 777 g/mol. The van der Waals surface area contributed by atoms with Crippen molar-refractivity contribution in [3.8, 4) is 50.2 Å². The van der Waals surface area contributed by atoms with Crippen molar-refractivity contribution in [1.82, 2.24) is 4.57 Å². The van der Waals surface area contributed by atoms with Crippen LogP contribution < -0.4 is 4.90 Å². The van der Waals surface area contributed by atoms with Crippen LogP contribution >= 0.6 is 0 Å². The van der Waals surface area contributed by atoms with Crippen molar-refractivity contribution in [2.24, 2.45) is 0 Å². The minimum atomic E-state index is 0.954. The quantitative estimate of drug-likeness (QED) is 0.156. The van der Waals surface area contributed by atoms with Crippen molar-refractivity contribution in [2.75, 3.05) is 4.90 Å². The molecule has 0 aliphatic heterocycles. The molecule has 0 fully saturated rings. The fourth-order valence-corrected chi connectivity index (χ4v) is 9.65. The summed E-state index contributed by atoms with van der Waals surface area (Å²) in [7, 11) is 0. The van der Waals surface area contributed by atoms with Crippen LogP contribution in [-0.4, -0.2) is 4.57 Å². The van der Waals surface area contributed by atoms with Crippen molar-refractivity contribution >= 4 is 49.6 Å². The summed E-state index contributed by atoms with van der Waals surface area (Å²) < 4.78 is 2.39. The lowest BCUT2D eigenvalue weighted by atomic mass is 9.97. The summed E-state index contributed by atoms with van der Waals surface area (Å²) in [4.78, 5) is 2.43. The summed E-state index contributed by atoms with van der Waals surface area (Å²) in [5.74, 6) is 0. The standard InChI is InChI=1S/C59H40N2/c1-2-12-40(13-3-1)41-24-31-50(32-25-41)61-58-22-9-8-21-55(58)56-39-46(28-35-59(56)61)45-18-10-17-44(36-45)42-26-29-49(30-27-42)60(57-23-11-16-43-14-4-7-20-54(43)57)51-33-34-53-48(38-51)37-47-15-5-6-19-52(47)53/h1-36,38-39H,37H2. The van der Waals surface area contributed by atoms with Gasteiger partial charge in [-0.05, 0) is 134 Å². The van der Waals surface area contributed by atoms with Gasteiger partial charge in [0.15, 0.2) is 0 Å². The molecule has 2 nitrogen and oxygen atoms in total. The molecule has 0 unspecified atom stereocenters. The largest absolute Gasteiger partial charge is 0.310 e. The van der Waals surface area contributed by atoms with E-state index in [1.165, 1.54) is 99.6 Å². The third-order valence-electron chi connectivity index (χ3n) is 12.6. The Hall–Kier alpha value is -7.94. The first-order valence-electron chi connectivity index (χ1n) is 21.1. The molecule has 0 saturated heterocycles. The van der Waals surface area contributed by atoms with Crippen molar-refractivity contribution < 1.29 is 0 Å². The summed E-state index contributed by atoms with van der Waals surface area (Å²) in [6.07, 6.45) is 0.954. The van der Waals surface area contributed by atoms with Crippen LogP contribution in [0.15, 0.2) is 231 Å². The molecule has 12 rings (SSSR count). The maximum absolute atomic E-state index is 2.43. The van der Waals surface area contributed by atoms with Crippen molar-refractivity contribution in [3.63, 3.8) is 0 Å². The topological polar surface area (TPSA) is 8.17 Å². The molecule has 10 aromatic carbocycles. The Labute approximate surface area is 355 Å². The zero-order valence-electron chi connectivity index (χ0n) is 33.5. The van der Waals surface area contributed by atoms with Crippen LogP contribution in [0.3, 0.4) is 0 Å². The highest BCUT2D eigenvalue weighted by atomic mass is 15.1. The van der Waals surface area contributed by atoms with Crippen LogP contribution in [0, 0.1) is 0 Å². The number of rotatable bonds is 7. The molecule has 0 N–H and O–H groups in total. The van der Waals surface area contributed by atoms with E-state index >= 15 is 0 Å². The Balaban J connectivity index is 0.899. The lowest BCUT2D eigenvalue weighted by Crippen LogP contribution is -2.10. The molecule has 11 aromatic rings. The van der Waals surface area contributed by atoms with Gasteiger partial charge in [0, 0.05) is 33.2 Å². The molecule has 2 heteroatoms. The minimum absolute atomic E-state index is 0.954. The molecule has 0 spiro atoms. The van der Waals surface area contributed by atoms with Gasteiger partial charge in [-0.15, -0.1) is 0 Å². The van der Waals surface area contributed by atoms with Gasteiger partial charge in [-0.3, -0.25) is 0 Å². The number of hydrogen-bond donors (Lipinski definition) is 0. The summed E-state index contributed by atoms with van der Waals surface area (Å²) in [5, 5.41) is 4.96. The van der Waals surface area contributed by atoms with Crippen LogP contribution in [0.1, 0.15) is 11.1 Å². The summed E-state index contributed by atoms with van der Waals surface area (Å²) in [5.41, 5.74) is 19.7. The molecule has 0 amide bonds. The van der Waals surface area contributed by atoms with E-state index in [1.807, 2.05) is 0 Å². The molecule has 0 saturated carbocycles. The number of hydrogen-bond acceptors (Lipinski definition) is 1. The second-order valence-electron chi connectivity index (χ2n) is 16.1. The lowest BCUT2D eigenvalue weighted by molar-refractivity contribution is 1.18. The Morgan fingerprint density at radius 3 is 1.77 bits per heavy atom. The number of fused-ring (bicyclic) bond motifs is 7. The molecule has 1 aliphatic rings. The fraction of sp³-hybridized carbons (Fsp3) is 0.0169. The average Bonchev–Trinajstić information content (AvgIpc) is 3.87. The van der Waals surface area contributed by atoms with E-state index in [0.717, 1.165) is 17.8 Å². The maximum atomic E-state index is 2.43. The smallest absolute Gasteiger partial charge is 0.0541 e. The summed E-state index contributed by atoms with van der Waals surface area (Å²) >= 11 is 0. The van der Waals surface area contributed by atoms with Crippen LogP contribution in [0.2, 0.25) is 0 Å². The first-order chi connectivity index (χ1) is 30.2. The van der Waals surface area contributed by atoms with E-state index in [9.17, 15) is 0 Å². The van der Waals surface area contributed by atoms with Gasteiger partial charge in [0.2, 0.25) is 0 Å². The molecule has 0 atom stereocenters. The van der Waals surface area contributed by atoms with E-state index in [1.54, 1.807) is 0 Å². The molecule has 0 radical (unpaired) electrons. The van der Waals surface area contributed by atoms with E-state index in [-0.39, 0.29) is 0 Å². The Bertz CT molecular complexity index is 3420. The van der Waals surface area contributed by atoms with Gasteiger partial charge in [0.1, 0.15) is 0 Å². The number of nitrogens with zero attached hydrogens (tertiary/aromatic N) is 2. The predicted molar refractivity (Wildman–Crippen MR) is 258 cm³/mol. The van der Waals surface area contributed by atoms with Gasteiger partial charge in [-0.1, -0.05) is 164 Å². The fourth-order valence-electron chi connectivity index (χ4n) is 9.65. The van der Waals surface area contributed by atoms with E-state index in [2.05, 4.69) is 240 Å². The van der Waals surface area contributed by atoms with Gasteiger partial charge >= 0.3 is 0 Å². The number of aromatic nitrogens is 1. The van der Waals surface area contributed by atoms with Gasteiger partial charge in [0.05, 0.1) is 16.7 Å². The molecule has 286 valence electrons. The Kier molecular flexibility index (Phi) is 8.28. The second kappa shape index (κ2) is 14.4. The maximum Gasteiger partial charge on any atom is 0.0541 e.